The minimum absolute atomic E-state index is 0.0459. The van der Waals surface area contributed by atoms with Gasteiger partial charge in [0.1, 0.15) is 0 Å². The van der Waals surface area contributed by atoms with Gasteiger partial charge in [-0.25, -0.2) is 13.1 Å². The summed E-state index contributed by atoms with van der Waals surface area (Å²) in [5, 5.41) is 0. The van der Waals surface area contributed by atoms with Gasteiger partial charge < -0.3 is 0 Å². The van der Waals surface area contributed by atoms with E-state index < -0.39 is 10.0 Å². The second kappa shape index (κ2) is 6.46. The van der Waals surface area contributed by atoms with Gasteiger partial charge in [-0.05, 0) is 59.3 Å². The summed E-state index contributed by atoms with van der Waals surface area (Å²) in [5.74, 6) is 0.397. The van der Waals surface area contributed by atoms with Crippen LogP contribution in [-0.2, 0) is 10.0 Å². The van der Waals surface area contributed by atoms with Crippen LogP contribution in [-0.4, -0.2) is 14.5 Å². The molecule has 112 valence electrons. The van der Waals surface area contributed by atoms with Crippen LogP contribution in [0.2, 0.25) is 0 Å². The Morgan fingerprint density at radius 2 is 1.80 bits per heavy atom. The molecular weight excluding hydrogens is 406 g/mol. The maximum absolute atomic E-state index is 12.6. The monoisotopic (exact) mass is 423 g/mol. The maximum atomic E-state index is 12.6. The number of aryl methyl sites for hydroxylation is 1. The first-order valence-corrected chi connectivity index (χ1v) is 9.86. The fourth-order valence-corrected chi connectivity index (χ4v) is 5.75. The van der Waals surface area contributed by atoms with Gasteiger partial charge >= 0.3 is 0 Å². The third-order valence-electron chi connectivity index (χ3n) is 3.92. The van der Waals surface area contributed by atoms with E-state index in [1.807, 2.05) is 6.92 Å². The Morgan fingerprint density at radius 3 is 2.45 bits per heavy atom. The molecule has 0 spiro atoms. The third-order valence-corrected chi connectivity index (χ3v) is 7.22. The van der Waals surface area contributed by atoms with Gasteiger partial charge in [0.05, 0.1) is 4.90 Å². The van der Waals surface area contributed by atoms with Crippen LogP contribution in [0.25, 0.3) is 0 Å². The van der Waals surface area contributed by atoms with Gasteiger partial charge in [-0.2, -0.15) is 0 Å². The van der Waals surface area contributed by atoms with Crippen LogP contribution in [0.1, 0.15) is 38.2 Å². The smallest absolute Gasteiger partial charge is 0.208 e. The van der Waals surface area contributed by atoms with Gasteiger partial charge in [0.15, 0.2) is 0 Å². The summed E-state index contributed by atoms with van der Waals surface area (Å²) < 4.78 is 29.5. The van der Waals surface area contributed by atoms with E-state index in [9.17, 15) is 8.42 Å². The minimum atomic E-state index is -3.48. The second-order valence-electron chi connectivity index (χ2n) is 5.52. The number of hydrogen-bond donors (Lipinski definition) is 1. The van der Waals surface area contributed by atoms with E-state index in [1.165, 1.54) is 6.42 Å². The molecule has 6 heteroatoms. The molecule has 20 heavy (non-hydrogen) atoms. The Morgan fingerprint density at radius 1 is 1.15 bits per heavy atom. The zero-order chi connectivity index (χ0) is 14.9. The molecule has 2 atom stereocenters. The molecule has 3 nitrogen and oxygen atoms in total. The molecule has 0 unspecified atom stereocenters. The molecule has 0 saturated heterocycles. The van der Waals surface area contributed by atoms with Crippen molar-refractivity contribution >= 4 is 41.9 Å². The van der Waals surface area contributed by atoms with E-state index in [4.69, 9.17) is 0 Å². The average molecular weight is 425 g/mol. The van der Waals surface area contributed by atoms with Crippen molar-refractivity contribution in [1.29, 1.82) is 0 Å². The highest BCUT2D eigenvalue weighted by Crippen LogP contribution is 2.30. The second-order valence-corrected chi connectivity index (χ2v) is 8.91. The number of halogens is 2. The molecule has 0 amide bonds. The summed E-state index contributed by atoms with van der Waals surface area (Å²) in [5.41, 5.74) is 0.908. The highest BCUT2D eigenvalue weighted by atomic mass is 79.9. The molecule has 1 aliphatic carbocycles. The van der Waals surface area contributed by atoms with E-state index in [1.54, 1.807) is 12.1 Å². The lowest BCUT2D eigenvalue weighted by Gasteiger charge is -2.29. The highest BCUT2D eigenvalue weighted by Gasteiger charge is 2.28. The Labute approximate surface area is 137 Å². The molecule has 2 rings (SSSR count). The van der Waals surface area contributed by atoms with Crippen molar-refractivity contribution in [3.05, 3.63) is 26.6 Å². The predicted molar refractivity (Wildman–Crippen MR) is 88.3 cm³/mol. The summed E-state index contributed by atoms with van der Waals surface area (Å²) in [7, 11) is -3.48. The van der Waals surface area contributed by atoms with Crippen molar-refractivity contribution in [1.82, 2.24) is 4.72 Å². The molecule has 0 bridgehead atoms. The summed E-state index contributed by atoms with van der Waals surface area (Å²) in [6.45, 7) is 4.01. The fourth-order valence-electron chi connectivity index (χ4n) is 2.59. The van der Waals surface area contributed by atoms with Gasteiger partial charge in [0.2, 0.25) is 10.0 Å². The van der Waals surface area contributed by atoms with E-state index in [0.717, 1.165) is 29.3 Å². The molecule has 1 saturated carbocycles. The van der Waals surface area contributed by atoms with Crippen molar-refractivity contribution in [3.63, 3.8) is 0 Å². The number of nitrogens with one attached hydrogen (secondary N) is 1. The lowest BCUT2D eigenvalue weighted by Crippen LogP contribution is -2.41. The summed E-state index contributed by atoms with van der Waals surface area (Å²) in [6.07, 6.45) is 4.31. The van der Waals surface area contributed by atoms with Gasteiger partial charge in [0, 0.05) is 15.0 Å². The summed E-state index contributed by atoms with van der Waals surface area (Å²) in [6, 6.07) is 3.53. The molecule has 1 aliphatic rings. The third kappa shape index (κ3) is 3.64. The largest absolute Gasteiger partial charge is 0.241 e. The van der Waals surface area contributed by atoms with Crippen LogP contribution in [0.15, 0.2) is 26.0 Å². The lowest BCUT2D eigenvalue weighted by molar-refractivity contribution is 0.310. The first-order valence-electron chi connectivity index (χ1n) is 6.79. The lowest BCUT2D eigenvalue weighted by atomic mass is 9.87. The molecule has 1 fully saturated rings. The van der Waals surface area contributed by atoms with Crippen molar-refractivity contribution < 1.29 is 8.42 Å². The first kappa shape index (κ1) is 16.5. The SMILES string of the molecule is Cc1cc(S(=O)(=O)N[C@@H]2CCCC[C@@H]2C)c(Br)cc1Br. The fraction of sp³-hybridized carbons (Fsp3) is 0.571. The zero-order valence-corrected chi connectivity index (χ0v) is 15.6. The van der Waals surface area contributed by atoms with Crippen LogP contribution < -0.4 is 4.72 Å². The van der Waals surface area contributed by atoms with Crippen LogP contribution in [0.4, 0.5) is 0 Å². The van der Waals surface area contributed by atoms with Crippen LogP contribution >= 0.6 is 31.9 Å². The predicted octanol–water partition coefficient (Wildman–Crippen LogP) is 4.38. The zero-order valence-electron chi connectivity index (χ0n) is 11.6. The standard InChI is InChI=1S/C14H19Br2NO2S/c1-9-5-3-4-6-13(9)17-20(18,19)14-7-10(2)11(15)8-12(14)16/h7-9,13,17H,3-6H2,1-2H3/t9-,13+/m0/s1. The Hall–Kier alpha value is 0.0900. The van der Waals surface area contributed by atoms with E-state index in [2.05, 4.69) is 43.5 Å². The summed E-state index contributed by atoms with van der Waals surface area (Å²) in [4.78, 5) is 0.316. The molecule has 1 aromatic rings. The Bertz CT molecular complexity index is 601. The number of sulfonamides is 1. The topological polar surface area (TPSA) is 46.2 Å². The number of benzene rings is 1. The summed E-state index contributed by atoms with van der Waals surface area (Å²) >= 11 is 6.76. The molecule has 1 aromatic carbocycles. The molecular formula is C14H19Br2NO2S. The van der Waals surface area contributed by atoms with Crippen molar-refractivity contribution in [2.75, 3.05) is 0 Å². The van der Waals surface area contributed by atoms with Crippen LogP contribution in [0.5, 0.6) is 0 Å². The van der Waals surface area contributed by atoms with Crippen molar-refractivity contribution in [3.8, 4) is 0 Å². The Balaban J connectivity index is 2.28. The molecule has 0 heterocycles. The van der Waals surface area contributed by atoms with Gasteiger partial charge in [0.25, 0.3) is 0 Å². The van der Waals surface area contributed by atoms with Gasteiger partial charge in [-0.15, -0.1) is 0 Å². The van der Waals surface area contributed by atoms with Crippen molar-refractivity contribution in [2.45, 2.75) is 50.5 Å². The van der Waals surface area contributed by atoms with Gasteiger partial charge in [-0.3, -0.25) is 0 Å². The number of hydrogen-bond acceptors (Lipinski definition) is 2. The van der Waals surface area contributed by atoms with E-state index in [0.29, 0.717) is 15.3 Å². The minimum Gasteiger partial charge on any atom is -0.208 e. The molecule has 1 N–H and O–H groups in total. The molecule has 0 aliphatic heterocycles. The van der Waals surface area contributed by atoms with Crippen molar-refractivity contribution in [2.24, 2.45) is 5.92 Å². The average Bonchev–Trinajstić information content (AvgIpc) is 2.36. The Kier molecular flexibility index (Phi) is 5.32. The normalized spacial score (nSPS) is 23.8. The quantitative estimate of drug-likeness (QED) is 0.782. The van der Waals surface area contributed by atoms with Crippen LogP contribution in [0.3, 0.4) is 0 Å². The molecule has 0 aromatic heterocycles. The first-order chi connectivity index (χ1) is 9.31. The van der Waals surface area contributed by atoms with Crippen LogP contribution in [0, 0.1) is 12.8 Å². The maximum Gasteiger partial charge on any atom is 0.241 e. The van der Waals surface area contributed by atoms with Gasteiger partial charge in [-0.1, -0.05) is 35.7 Å². The van der Waals surface area contributed by atoms with E-state index in [-0.39, 0.29) is 6.04 Å². The highest BCUT2D eigenvalue weighted by molar-refractivity contribution is 9.11. The molecule has 0 radical (unpaired) electrons. The van der Waals surface area contributed by atoms with E-state index >= 15 is 0 Å². The number of rotatable bonds is 3.